The Bertz CT molecular complexity index is 470. The fraction of sp³-hybridized carbons (Fsp3) is 0.429. The van der Waals surface area contributed by atoms with Crippen molar-refractivity contribution in [1.82, 2.24) is 4.90 Å². The lowest BCUT2D eigenvalue weighted by Gasteiger charge is -2.17. The van der Waals surface area contributed by atoms with Gasteiger partial charge in [-0.2, -0.15) is 5.26 Å². The molecule has 0 aliphatic carbocycles. The van der Waals surface area contributed by atoms with Gasteiger partial charge in [0, 0.05) is 11.4 Å². The molecule has 19 heavy (non-hydrogen) atoms. The number of hydrogen-bond donors (Lipinski definition) is 1. The van der Waals surface area contributed by atoms with Crippen molar-refractivity contribution in [3.8, 4) is 6.07 Å². The average molecular weight is 277 g/mol. The number of nitriles is 1. The van der Waals surface area contributed by atoms with E-state index in [-0.39, 0.29) is 18.4 Å². The highest BCUT2D eigenvalue weighted by Crippen LogP contribution is 2.24. The second-order valence-electron chi connectivity index (χ2n) is 4.48. The lowest BCUT2D eigenvalue weighted by Crippen LogP contribution is -2.33. The molecule has 0 saturated heterocycles. The Labute approximate surface area is 118 Å². The molecule has 0 spiro atoms. The molecule has 0 saturated carbocycles. The minimum absolute atomic E-state index is 0.0610. The van der Waals surface area contributed by atoms with E-state index in [1.165, 1.54) is 0 Å². The quantitative estimate of drug-likeness (QED) is 0.811. The summed E-state index contributed by atoms with van der Waals surface area (Å²) in [4.78, 5) is 14.8. The van der Waals surface area contributed by atoms with E-state index in [9.17, 15) is 4.79 Å². The number of likely N-dealkylation sites (N-methyl/N-ethyl adjacent to an activating group) is 1. The first-order valence-corrected chi connectivity index (χ1v) is 7.30. The van der Waals surface area contributed by atoms with E-state index in [0.717, 1.165) is 10.6 Å². The van der Waals surface area contributed by atoms with Crippen LogP contribution in [-0.2, 0) is 4.79 Å². The fourth-order valence-corrected chi connectivity index (χ4v) is 2.31. The molecule has 0 fully saturated rings. The third-order valence-electron chi connectivity index (χ3n) is 2.60. The predicted molar refractivity (Wildman–Crippen MR) is 79.1 cm³/mol. The van der Waals surface area contributed by atoms with E-state index >= 15 is 0 Å². The van der Waals surface area contributed by atoms with Crippen LogP contribution in [0.5, 0.6) is 0 Å². The van der Waals surface area contributed by atoms with E-state index in [1.807, 2.05) is 49.4 Å². The van der Waals surface area contributed by atoms with Gasteiger partial charge in [-0.3, -0.25) is 9.69 Å². The molecule has 102 valence electrons. The van der Waals surface area contributed by atoms with Crippen LogP contribution in [0, 0.1) is 17.2 Å². The van der Waals surface area contributed by atoms with Crippen molar-refractivity contribution < 1.29 is 4.79 Å². The molecule has 1 aromatic carbocycles. The Morgan fingerprint density at radius 1 is 1.53 bits per heavy atom. The van der Waals surface area contributed by atoms with E-state index in [2.05, 4.69) is 11.4 Å². The molecule has 0 unspecified atom stereocenters. The number of nitrogens with zero attached hydrogens (tertiary/aromatic N) is 2. The van der Waals surface area contributed by atoms with Crippen LogP contribution in [0.3, 0.4) is 0 Å². The molecule has 0 heterocycles. The lowest BCUT2D eigenvalue weighted by atomic mass is 10.2. The average Bonchev–Trinajstić information content (AvgIpc) is 2.38. The van der Waals surface area contributed by atoms with E-state index in [0.29, 0.717) is 6.54 Å². The topological polar surface area (TPSA) is 56.1 Å². The molecule has 1 N–H and O–H groups in total. The zero-order valence-electron chi connectivity index (χ0n) is 11.5. The SMILES string of the molecule is CSc1ccccc1NC(=O)CN(C)C[C@H](C)C#N. The fourth-order valence-electron chi connectivity index (χ4n) is 1.76. The second kappa shape index (κ2) is 7.82. The van der Waals surface area contributed by atoms with E-state index in [4.69, 9.17) is 5.26 Å². The van der Waals surface area contributed by atoms with Crippen molar-refractivity contribution in [3.63, 3.8) is 0 Å². The summed E-state index contributed by atoms with van der Waals surface area (Å²) in [6, 6.07) is 9.87. The predicted octanol–water partition coefficient (Wildman–Crippen LogP) is 2.44. The van der Waals surface area contributed by atoms with Gasteiger partial charge in [-0.25, -0.2) is 0 Å². The van der Waals surface area contributed by atoms with Crippen molar-refractivity contribution in [2.45, 2.75) is 11.8 Å². The number of anilines is 1. The maximum atomic E-state index is 11.9. The van der Waals surface area contributed by atoms with Gasteiger partial charge >= 0.3 is 0 Å². The number of amides is 1. The molecule has 0 aliphatic rings. The van der Waals surface area contributed by atoms with E-state index in [1.54, 1.807) is 11.8 Å². The van der Waals surface area contributed by atoms with Gasteiger partial charge in [0.05, 0.1) is 24.2 Å². The Kier molecular flexibility index (Phi) is 6.40. The van der Waals surface area contributed by atoms with Crippen LogP contribution in [0.1, 0.15) is 6.92 Å². The number of benzene rings is 1. The van der Waals surface area contributed by atoms with Crippen LogP contribution in [0.4, 0.5) is 5.69 Å². The third-order valence-corrected chi connectivity index (χ3v) is 3.40. The Morgan fingerprint density at radius 3 is 2.84 bits per heavy atom. The first kappa shape index (κ1) is 15.5. The number of carbonyl (C=O) groups is 1. The van der Waals surface area contributed by atoms with Crippen LogP contribution >= 0.6 is 11.8 Å². The van der Waals surface area contributed by atoms with Crippen molar-refractivity contribution in [1.29, 1.82) is 5.26 Å². The number of nitrogens with one attached hydrogen (secondary N) is 1. The Morgan fingerprint density at radius 2 is 2.21 bits per heavy atom. The van der Waals surface area contributed by atoms with Gasteiger partial charge in [-0.1, -0.05) is 12.1 Å². The van der Waals surface area contributed by atoms with Gasteiger partial charge < -0.3 is 5.32 Å². The molecule has 5 heteroatoms. The van der Waals surface area contributed by atoms with Crippen LogP contribution in [-0.4, -0.2) is 37.2 Å². The minimum Gasteiger partial charge on any atom is -0.324 e. The van der Waals surface area contributed by atoms with Gasteiger partial charge in [-0.05, 0) is 32.4 Å². The third kappa shape index (κ3) is 5.33. The van der Waals surface area contributed by atoms with Crippen LogP contribution < -0.4 is 5.32 Å². The number of hydrogen-bond acceptors (Lipinski definition) is 4. The molecule has 0 bridgehead atoms. The van der Waals surface area contributed by atoms with Crippen molar-refractivity contribution in [2.75, 3.05) is 31.7 Å². The zero-order chi connectivity index (χ0) is 14.3. The molecule has 0 radical (unpaired) electrons. The molecule has 0 aliphatic heterocycles. The van der Waals surface area contributed by atoms with Crippen LogP contribution in [0.25, 0.3) is 0 Å². The minimum atomic E-state index is -0.0729. The van der Waals surface area contributed by atoms with Crippen LogP contribution in [0.2, 0.25) is 0 Å². The highest BCUT2D eigenvalue weighted by atomic mass is 32.2. The molecule has 1 rings (SSSR count). The van der Waals surface area contributed by atoms with E-state index < -0.39 is 0 Å². The largest absolute Gasteiger partial charge is 0.324 e. The van der Waals surface area contributed by atoms with Crippen molar-refractivity contribution in [2.24, 2.45) is 5.92 Å². The Balaban J connectivity index is 2.54. The summed E-state index contributed by atoms with van der Waals surface area (Å²) in [6.07, 6.45) is 1.98. The normalized spacial score (nSPS) is 11.9. The smallest absolute Gasteiger partial charge is 0.238 e. The summed E-state index contributed by atoms with van der Waals surface area (Å²) in [5.74, 6) is -0.134. The molecule has 1 amide bonds. The first-order chi connectivity index (χ1) is 9.06. The lowest BCUT2D eigenvalue weighted by molar-refractivity contribution is -0.117. The highest BCUT2D eigenvalue weighted by molar-refractivity contribution is 7.98. The Hall–Kier alpha value is -1.51. The number of para-hydroxylation sites is 1. The molecular formula is C14H19N3OS. The maximum absolute atomic E-state index is 11.9. The summed E-state index contributed by atoms with van der Waals surface area (Å²) in [5.41, 5.74) is 0.835. The number of rotatable bonds is 6. The standard InChI is InChI=1S/C14H19N3OS/c1-11(8-15)9-17(2)10-14(18)16-12-6-4-5-7-13(12)19-3/h4-7,11H,9-10H2,1-3H3,(H,16,18)/t11-/m1/s1. The number of carbonyl (C=O) groups excluding carboxylic acids is 1. The van der Waals surface area contributed by atoms with Crippen LogP contribution in [0.15, 0.2) is 29.2 Å². The monoisotopic (exact) mass is 277 g/mol. The first-order valence-electron chi connectivity index (χ1n) is 6.07. The molecule has 0 aromatic heterocycles. The summed E-state index contributed by atoms with van der Waals surface area (Å²) in [7, 11) is 1.84. The summed E-state index contributed by atoms with van der Waals surface area (Å²) >= 11 is 1.60. The van der Waals surface area contributed by atoms with Gasteiger partial charge in [0.25, 0.3) is 0 Å². The van der Waals surface area contributed by atoms with Gasteiger partial charge in [0.15, 0.2) is 0 Å². The summed E-state index contributed by atoms with van der Waals surface area (Å²) in [5, 5.41) is 11.6. The van der Waals surface area contributed by atoms with Crippen molar-refractivity contribution >= 4 is 23.4 Å². The molecule has 4 nitrogen and oxygen atoms in total. The van der Waals surface area contributed by atoms with Gasteiger partial charge in [0.1, 0.15) is 0 Å². The number of thioether (sulfide) groups is 1. The van der Waals surface area contributed by atoms with Gasteiger partial charge in [0.2, 0.25) is 5.91 Å². The highest BCUT2D eigenvalue weighted by Gasteiger charge is 2.11. The zero-order valence-corrected chi connectivity index (χ0v) is 12.3. The van der Waals surface area contributed by atoms with Gasteiger partial charge in [-0.15, -0.1) is 11.8 Å². The molecular weight excluding hydrogens is 258 g/mol. The molecule has 1 atom stereocenters. The summed E-state index contributed by atoms with van der Waals surface area (Å²) in [6.45, 7) is 2.72. The van der Waals surface area contributed by atoms with Crippen molar-refractivity contribution in [3.05, 3.63) is 24.3 Å². The summed E-state index contributed by atoms with van der Waals surface area (Å²) < 4.78 is 0. The molecule has 1 aromatic rings. The maximum Gasteiger partial charge on any atom is 0.238 e. The second-order valence-corrected chi connectivity index (χ2v) is 5.32.